The molecule has 0 saturated heterocycles. The maximum atomic E-state index is 12.6. The number of amides is 3. The Kier molecular flexibility index (Phi) is 5.88. The number of hydrogen-bond donors (Lipinski definition) is 2. The Morgan fingerprint density at radius 2 is 1.81 bits per heavy atom. The van der Waals surface area contributed by atoms with E-state index in [1.54, 1.807) is 7.05 Å². The maximum absolute atomic E-state index is 12.6. The molecule has 140 valence electrons. The van der Waals surface area contributed by atoms with Crippen LogP contribution in [-0.4, -0.2) is 36.9 Å². The van der Waals surface area contributed by atoms with Crippen molar-refractivity contribution in [3.8, 4) is 0 Å². The van der Waals surface area contributed by atoms with Crippen molar-refractivity contribution < 1.29 is 19.2 Å². The summed E-state index contributed by atoms with van der Waals surface area (Å²) in [5.74, 6) is -1.95. The van der Waals surface area contributed by atoms with Crippen LogP contribution in [0.4, 0.5) is 5.69 Å². The van der Waals surface area contributed by atoms with Gasteiger partial charge in [-0.2, -0.15) is 0 Å². The molecule has 0 spiro atoms. The quantitative estimate of drug-likeness (QED) is 0.632. The fourth-order valence-corrected chi connectivity index (χ4v) is 3.55. The van der Waals surface area contributed by atoms with Crippen LogP contribution in [0, 0.1) is 0 Å². The summed E-state index contributed by atoms with van der Waals surface area (Å²) >= 11 is 0. The van der Waals surface area contributed by atoms with Crippen molar-refractivity contribution in [3.63, 3.8) is 0 Å². The molecular formula is C19H25N3O4. The molecule has 0 radical (unpaired) electrons. The largest absolute Gasteiger partial charge is 0.336 e. The van der Waals surface area contributed by atoms with E-state index in [-0.39, 0.29) is 12.0 Å². The lowest BCUT2D eigenvalue weighted by Gasteiger charge is -2.23. The molecule has 2 N–H and O–H groups in total. The lowest BCUT2D eigenvalue weighted by molar-refractivity contribution is -0.151. The maximum Gasteiger partial charge on any atom is 0.332 e. The zero-order valence-corrected chi connectivity index (χ0v) is 15.0. The van der Waals surface area contributed by atoms with Gasteiger partial charge in [0.1, 0.15) is 6.04 Å². The van der Waals surface area contributed by atoms with Gasteiger partial charge >= 0.3 is 11.8 Å². The van der Waals surface area contributed by atoms with Crippen molar-refractivity contribution in [3.05, 3.63) is 29.8 Å². The molecule has 1 saturated carbocycles. The number of carbonyl (C=O) groups excluding carboxylic acids is 3. The molecule has 1 aromatic rings. The van der Waals surface area contributed by atoms with E-state index >= 15 is 0 Å². The first-order valence-corrected chi connectivity index (χ1v) is 9.18. The number of rotatable bonds is 3. The van der Waals surface area contributed by atoms with Crippen molar-refractivity contribution in [2.75, 3.05) is 11.9 Å². The fourth-order valence-electron chi connectivity index (χ4n) is 3.55. The average Bonchev–Trinajstić information content (AvgIpc) is 2.79. The van der Waals surface area contributed by atoms with Gasteiger partial charge in [0.2, 0.25) is 5.91 Å². The topological polar surface area (TPSA) is 87.7 Å². The van der Waals surface area contributed by atoms with Crippen LogP contribution in [0.25, 0.3) is 0 Å². The van der Waals surface area contributed by atoms with Gasteiger partial charge in [0.15, 0.2) is 0 Å². The van der Waals surface area contributed by atoms with Crippen LogP contribution in [-0.2, 0) is 25.6 Å². The molecule has 0 aromatic heterocycles. The number of aryl methyl sites for hydroxylation is 1. The smallest absolute Gasteiger partial charge is 0.332 e. The second-order valence-electron chi connectivity index (χ2n) is 6.90. The highest BCUT2D eigenvalue weighted by molar-refractivity contribution is 6.35. The number of benzene rings is 1. The summed E-state index contributed by atoms with van der Waals surface area (Å²) in [5.41, 5.74) is 4.10. The predicted molar refractivity (Wildman–Crippen MR) is 96.2 cm³/mol. The molecule has 1 aliphatic heterocycles. The number of anilines is 1. The molecule has 1 fully saturated rings. The molecule has 1 heterocycles. The Morgan fingerprint density at radius 1 is 1.08 bits per heavy atom. The first-order chi connectivity index (χ1) is 12.6. The molecule has 7 heteroatoms. The fraction of sp³-hybridized carbons (Fsp3) is 0.526. The van der Waals surface area contributed by atoms with Gasteiger partial charge in [0.25, 0.3) is 0 Å². The lowest BCUT2D eigenvalue weighted by atomic mass is 9.98. The van der Waals surface area contributed by atoms with Gasteiger partial charge in [0, 0.05) is 12.7 Å². The molecular weight excluding hydrogens is 334 g/mol. The van der Waals surface area contributed by atoms with E-state index in [4.69, 9.17) is 4.84 Å². The minimum absolute atomic E-state index is 0.0411. The van der Waals surface area contributed by atoms with E-state index in [9.17, 15) is 14.4 Å². The zero-order chi connectivity index (χ0) is 18.5. The summed E-state index contributed by atoms with van der Waals surface area (Å²) in [4.78, 5) is 43.6. The van der Waals surface area contributed by atoms with E-state index in [0.29, 0.717) is 12.8 Å². The van der Waals surface area contributed by atoms with Crippen molar-refractivity contribution in [2.45, 2.75) is 57.1 Å². The van der Waals surface area contributed by atoms with Gasteiger partial charge in [-0.3, -0.25) is 19.2 Å². The Bertz CT molecular complexity index is 685. The van der Waals surface area contributed by atoms with Gasteiger partial charge < -0.3 is 10.2 Å². The zero-order valence-electron chi connectivity index (χ0n) is 15.0. The third-order valence-electron chi connectivity index (χ3n) is 5.07. The molecule has 3 rings (SSSR count). The molecule has 1 aromatic carbocycles. The predicted octanol–water partition coefficient (Wildman–Crippen LogP) is 1.46. The van der Waals surface area contributed by atoms with Gasteiger partial charge in [-0.1, -0.05) is 37.5 Å². The van der Waals surface area contributed by atoms with Crippen molar-refractivity contribution in [1.29, 1.82) is 0 Å². The number of nitrogens with zero attached hydrogens (tertiary/aromatic N) is 1. The second-order valence-corrected chi connectivity index (χ2v) is 6.90. The van der Waals surface area contributed by atoms with E-state index in [1.807, 2.05) is 24.3 Å². The molecule has 0 bridgehead atoms. The van der Waals surface area contributed by atoms with Crippen LogP contribution in [0.3, 0.4) is 0 Å². The van der Waals surface area contributed by atoms with Gasteiger partial charge in [-0.25, -0.2) is 5.48 Å². The van der Waals surface area contributed by atoms with Crippen LogP contribution >= 0.6 is 0 Å². The Morgan fingerprint density at radius 3 is 2.58 bits per heavy atom. The first-order valence-electron chi connectivity index (χ1n) is 9.18. The van der Waals surface area contributed by atoms with E-state index in [2.05, 4.69) is 10.8 Å². The number of carbonyl (C=O) groups is 3. The monoisotopic (exact) mass is 359 g/mol. The molecule has 7 nitrogen and oxygen atoms in total. The van der Waals surface area contributed by atoms with Crippen molar-refractivity contribution in [2.24, 2.45) is 0 Å². The van der Waals surface area contributed by atoms with Crippen LogP contribution in [0.2, 0.25) is 0 Å². The Hall–Kier alpha value is -2.41. The number of likely N-dealkylation sites (N-methyl/N-ethyl adjacent to an activating group) is 1. The van der Waals surface area contributed by atoms with Crippen LogP contribution in [0.1, 0.15) is 44.1 Å². The summed E-state index contributed by atoms with van der Waals surface area (Å²) < 4.78 is 0. The highest BCUT2D eigenvalue weighted by Gasteiger charge is 2.31. The third-order valence-corrected chi connectivity index (χ3v) is 5.07. The van der Waals surface area contributed by atoms with Crippen molar-refractivity contribution >= 4 is 23.4 Å². The van der Waals surface area contributed by atoms with Gasteiger partial charge in [-0.15, -0.1) is 0 Å². The number of para-hydroxylation sites is 1. The number of nitrogens with one attached hydrogen (secondary N) is 2. The molecule has 3 amide bonds. The molecule has 1 unspecified atom stereocenters. The summed E-state index contributed by atoms with van der Waals surface area (Å²) in [5, 5.41) is 2.54. The van der Waals surface area contributed by atoms with E-state index in [1.165, 1.54) is 11.3 Å². The SMILES string of the molecule is CN1C(=O)C(NC(=O)C(=O)NOC2CCCCC2)CCc2ccccc21. The van der Waals surface area contributed by atoms with Crippen LogP contribution in [0.5, 0.6) is 0 Å². The van der Waals surface area contributed by atoms with Gasteiger partial charge in [0.05, 0.1) is 6.10 Å². The second kappa shape index (κ2) is 8.31. The van der Waals surface area contributed by atoms with Crippen LogP contribution < -0.4 is 15.7 Å². The average molecular weight is 359 g/mol. The Labute approximate surface area is 153 Å². The minimum Gasteiger partial charge on any atom is -0.336 e. The van der Waals surface area contributed by atoms with Crippen molar-refractivity contribution in [1.82, 2.24) is 10.8 Å². The molecule has 1 atom stereocenters. The number of hydrogen-bond acceptors (Lipinski definition) is 4. The standard InChI is InChI=1S/C19H25N3O4/c1-22-16-10-6-5-7-13(16)11-12-15(19(22)25)20-17(23)18(24)21-26-14-8-3-2-4-9-14/h5-7,10,14-15H,2-4,8-9,11-12H2,1H3,(H,20,23)(H,21,24). The minimum atomic E-state index is -0.868. The summed E-state index contributed by atoms with van der Waals surface area (Å²) in [7, 11) is 1.68. The molecule has 26 heavy (non-hydrogen) atoms. The summed E-state index contributed by atoms with van der Waals surface area (Å²) in [6.45, 7) is 0. The highest BCUT2D eigenvalue weighted by Crippen LogP contribution is 2.25. The summed E-state index contributed by atoms with van der Waals surface area (Å²) in [6.07, 6.45) is 6.12. The highest BCUT2D eigenvalue weighted by atomic mass is 16.7. The molecule has 1 aliphatic carbocycles. The first kappa shape index (κ1) is 18.4. The Balaban J connectivity index is 1.55. The van der Waals surface area contributed by atoms with E-state index < -0.39 is 17.9 Å². The molecule has 2 aliphatic rings. The summed E-state index contributed by atoms with van der Waals surface area (Å²) in [6, 6.07) is 6.90. The van der Waals surface area contributed by atoms with E-state index in [0.717, 1.165) is 36.9 Å². The van der Waals surface area contributed by atoms with Crippen LogP contribution in [0.15, 0.2) is 24.3 Å². The number of fused-ring (bicyclic) bond motifs is 1. The number of hydroxylamine groups is 1. The normalized spacial score (nSPS) is 20.9. The van der Waals surface area contributed by atoms with Gasteiger partial charge in [-0.05, 0) is 37.3 Å². The lowest BCUT2D eigenvalue weighted by Crippen LogP contribution is -2.51. The third kappa shape index (κ3) is 4.22.